The highest BCUT2D eigenvalue weighted by atomic mass is 19.1. The number of anilines is 1. The maximum atomic E-state index is 13.0. The van der Waals surface area contributed by atoms with Gasteiger partial charge in [0.2, 0.25) is 0 Å². The van der Waals surface area contributed by atoms with E-state index in [9.17, 15) is 4.39 Å². The molecule has 0 N–H and O–H groups in total. The monoisotopic (exact) mass is 338 g/mol. The summed E-state index contributed by atoms with van der Waals surface area (Å²) in [6.07, 6.45) is 3.00. The highest BCUT2D eigenvalue weighted by Crippen LogP contribution is 2.44. The minimum absolute atomic E-state index is 0.157. The third kappa shape index (κ3) is 3.60. The Hall–Kier alpha value is -2.16. The summed E-state index contributed by atoms with van der Waals surface area (Å²) in [5.74, 6) is 0.275. The Labute approximate surface area is 150 Å². The molecule has 0 bridgehead atoms. The van der Waals surface area contributed by atoms with Crippen molar-refractivity contribution in [3.63, 3.8) is 0 Å². The van der Waals surface area contributed by atoms with Gasteiger partial charge in [-0.25, -0.2) is 4.39 Å². The van der Waals surface area contributed by atoms with Crippen molar-refractivity contribution in [2.75, 3.05) is 4.90 Å². The van der Waals surface area contributed by atoms with Gasteiger partial charge in [-0.15, -0.1) is 0 Å². The molecule has 0 spiro atoms. The van der Waals surface area contributed by atoms with Crippen LogP contribution in [0.1, 0.15) is 58.1 Å². The molecule has 3 rings (SSSR count). The molecular weight excluding hydrogens is 311 g/mol. The van der Waals surface area contributed by atoms with Gasteiger partial charge in [0, 0.05) is 23.5 Å². The van der Waals surface area contributed by atoms with E-state index in [1.54, 1.807) is 12.1 Å². The Bertz CT molecular complexity index is 775. The molecule has 132 valence electrons. The van der Waals surface area contributed by atoms with Gasteiger partial charge in [-0.05, 0) is 87.6 Å². The smallest absolute Gasteiger partial charge is 0.123 e. The van der Waals surface area contributed by atoms with Crippen LogP contribution in [0.3, 0.4) is 0 Å². The van der Waals surface area contributed by atoms with Crippen LogP contribution in [-0.4, -0.2) is 17.8 Å². The van der Waals surface area contributed by atoms with E-state index in [4.69, 9.17) is 0 Å². The number of benzene rings is 2. The minimum Gasteiger partial charge on any atom is -0.364 e. The molecular formula is C22H27FN2. The van der Waals surface area contributed by atoms with Gasteiger partial charge in [0.25, 0.3) is 0 Å². The SMILES string of the molecule is CC(C)N1c2ccc(C=Nc3ccc(F)cc3)cc2[C@@H](C)CC1(C)C. The summed E-state index contributed by atoms with van der Waals surface area (Å²) in [6, 6.07) is 13.3. The summed E-state index contributed by atoms with van der Waals surface area (Å²) in [5.41, 5.74) is 4.72. The lowest BCUT2D eigenvalue weighted by Crippen LogP contribution is -2.51. The Morgan fingerprint density at radius 2 is 1.84 bits per heavy atom. The molecule has 1 aliphatic heterocycles. The predicted octanol–water partition coefficient (Wildman–Crippen LogP) is 6.08. The molecule has 0 unspecified atom stereocenters. The van der Waals surface area contributed by atoms with E-state index in [1.807, 2.05) is 6.21 Å². The first-order valence-electron chi connectivity index (χ1n) is 9.01. The zero-order chi connectivity index (χ0) is 18.2. The average Bonchev–Trinajstić information content (AvgIpc) is 2.53. The summed E-state index contributed by atoms with van der Waals surface area (Å²) in [4.78, 5) is 7.00. The highest BCUT2D eigenvalue weighted by molar-refractivity contribution is 5.83. The second kappa shape index (κ2) is 6.62. The van der Waals surface area contributed by atoms with Crippen molar-refractivity contribution in [1.29, 1.82) is 0 Å². The zero-order valence-electron chi connectivity index (χ0n) is 15.8. The normalized spacial score (nSPS) is 19.5. The lowest BCUT2D eigenvalue weighted by atomic mass is 9.79. The van der Waals surface area contributed by atoms with Crippen LogP contribution in [0.4, 0.5) is 15.8 Å². The molecule has 0 saturated carbocycles. The molecule has 0 amide bonds. The van der Waals surface area contributed by atoms with E-state index in [0.717, 1.165) is 17.7 Å². The van der Waals surface area contributed by atoms with E-state index in [2.05, 4.69) is 62.7 Å². The Morgan fingerprint density at radius 3 is 2.48 bits per heavy atom. The number of aliphatic imine (C=N–C) groups is 1. The summed E-state index contributed by atoms with van der Waals surface area (Å²) in [5, 5.41) is 0. The molecule has 1 heterocycles. The van der Waals surface area contributed by atoms with Gasteiger partial charge in [0.15, 0.2) is 0 Å². The third-order valence-corrected chi connectivity index (χ3v) is 5.01. The largest absolute Gasteiger partial charge is 0.364 e. The third-order valence-electron chi connectivity index (χ3n) is 5.01. The highest BCUT2D eigenvalue weighted by Gasteiger charge is 2.37. The van der Waals surface area contributed by atoms with Crippen LogP contribution in [0.15, 0.2) is 47.5 Å². The number of nitrogens with zero attached hydrogens (tertiary/aromatic N) is 2. The number of rotatable bonds is 3. The number of hydrogen-bond donors (Lipinski definition) is 0. The maximum Gasteiger partial charge on any atom is 0.123 e. The quantitative estimate of drug-likeness (QED) is 0.620. The second-order valence-electron chi connectivity index (χ2n) is 7.93. The fourth-order valence-electron chi connectivity index (χ4n) is 4.20. The van der Waals surface area contributed by atoms with E-state index >= 15 is 0 Å². The van der Waals surface area contributed by atoms with Crippen LogP contribution < -0.4 is 4.90 Å². The number of fused-ring (bicyclic) bond motifs is 1. The summed E-state index contributed by atoms with van der Waals surface area (Å²) < 4.78 is 13.0. The molecule has 3 heteroatoms. The van der Waals surface area contributed by atoms with Crippen LogP contribution in [-0.2, 0) is 0 Å². The van der Waals surface area contributed by atoms with Crippen molar-refractivity contribution in [3.8, 4) is 0 Å². The van der Waals surface area contributed by atoms with Crippen molar-refractivity contribution < 1.29 is 4.39 Å². The second-order valence-corrected chi connectivity index (χ2v) is 7.93. The summed E-state index contributed by atoms with van der Waals surface area (Å²) in [7, 11) is 0. The standard InChI is InChI=1S/C22H27FN2/c1-15(2)25-21-11-6-17(12-20(21)16(3)13-22(25,4)5)14-24-19-9-7-18(23)8-10-19/h6-12,14-16H,13H2,1-5H3/t16-/m0/s1. The lowest BCUT2D eigenvalue weighted by Gasteiger charge is -2.50. The fourth-order valence-corrected chi connectivity index (χ4v) is 4.20. The van der Waals surface area contributed by atoms with E-state index in [-0.39, 0.29) is 11.4 Å². The summed E-state index contributed by atoms with van der Waals surface area (Å²) in [6.45, 7) is 11.5. The molecule has 1 aliphatic rings. The molecule has 1 atom stereocenters. The molecule has 0 radical (unpaired) electrons. The maximum absolute atomic E-state index is 13.0. The van der Waals surface area contributed by atoms with Crippen LogP contribution in [0, 0.1) is 5.82 Å². The first kappa shape index (κ1) is 17.7. The van der Waals surface area contributed by atoms with Gasteiger partial charge < -0.3 is 4.90 Å². The lowest BCUT2D eigenvalue weighted by molar-refractivity contribution is 0.356. The summed E-state index contributed by atoms with van der Waals surface area (Å²) >= 11 is 0. The molecule has 0 aliphatic carbocycles. The van der Waals surface area contributed by atoms with Gasteiger partial charge >= 0.3 is 0 Å². The van der Waals surface area contributed by atoms with Gasteiger partial charge in [-0.2, -0.15) is 0 Å². The van der Waals surface area contributed by atoms with Gasteiger partial charge in [0.1, 0.15) is 5.82 Å². The van der Waals surface area contributed by atoms with E-state index in [1.165, 1.54) is 23.4 Å². The zero-order valence-corrected chi connectivity index (χ0v) is 15.8. The van der Waals surface area contributed by atoms with Crippen molar-refractivity contribution >= 4 is 17.6 Å². The van der Waals surface area contributed by atoms with Crippen LogP contribution in [0.2, 0.25) is 0 Å². The molecule has 25 heavy (non-hydrogen) atoms. The molecule has 0 aromatic heterocycles. The molecule has 0 saturated heterocycles. The van der Waals surface area contributed by atoms with Crippen LogP contribution in [0.25, 0.3) is 0 Å². The van der Waals surface area contributed by atoms with Crippen LogP contribution in [0.5, 0.6) is 0 Å². The fraction of sp³-hybridized carbons (Fsp3) is 0.409. The van der Waals surface area contributed by atoms with E-state index in [0.29, 0.717) is 12.0 Å². The number of halogens is 1. The molecule has 0 fully saturated rings. The van der Waals surface area contributed by atoms with Crippen molar-refractivity contribution in [2.24, 2.45) is 4.99 Å². The van der Waals surface area contributed by atoms with Crippen LogP contribution >= 0.6 is 0 Å². The average molecular weight is 338 g/mol. The van der Waals surface area contributed by atoms with Gasteiger partial charge in [-0.3, -0.25) is 4.99 Å². The first-order chi connectivity index (χ1) is 11.8. The first-order valence-corrected chi connectivity index (χ1v) is 9.01. The van der Waals surface area contributed by atoms with Crippen molar-refractivity contribution in [1.82, 2.24) is 0 Å². The Morgan fingerprint density at radius 1 is 1.16 bits per heavy atom. The number of hydrogen-bond acceptors (Lipinski definition) is 2. The van der Waals surface area contributed by atoms with E-state index < -0.39 is 0 Å². The van der Waals surface area contributed by atoms with Crippen molar-refractivity contribution in [2.45, 2.75) is 58.5 Å². The van der Waals surface area contributed by atoms with Crippen molar-refractivity contribution in [3.05, 3.63) is 59.4 Å². The Balaban J connectivity index is 1.93. The minimum atomic E-state index is -0.238. The van der Waals surface area contributed by atoms with Gasteiger partial charge in [0.05, 0.1) is 5.69 Å². The molecule has 2 aromatic rings. The van der Waals surface area contributed by atoms with Gasteiger partial charge in [-0.1, -0.05) is 13.0 Å². The Kier molecular flexibility index (Phi) is 4.68. The molecule has 2 aromatic carbocycles. The topological polar surface area (TPSA) is 15.6 Å². The predicted molar refractivity (Wildman–Crippen MR) is 105 cm³/mol. The molecule has 2 nitrogen and oxygen atoms in total.